The lowest BCUT2D eigenvalue weighted by atomic mass is 10.0. The van der Waals surface area contributed by atoms with Gasteiger partial charge in [-0.3, -0.25) is 4.79 Å². The highest BCUT2D eigenvalue weighted by molar-refractivity contribution is 7.14. The zero-order valence-electron chi connectivity index (χ0n) is 6.74. The molecule has 0 aromatic carbocycles. The predicted molar refractivity (Wildman–Crippen MR) is 52.7 cm³/mol. The van der Waals surface area contributed by atoms with Crippen molar-refractivity contribution < 1.29 is 9.90 Å². The van der Waals surface area contributed by atoms with Crippen LogP contribution in [-0.2, 0) is 4.79 Å². The summed E-state index contributed by atoms with van der Waals surface area (Å²) in [5.41, 5.74) is 1.03. The van der Waals surface area contributed by atoms with E-state index in [4.69, 9.17) is 16.7 Å². The number of hydrogen-bond donors (Lipinski definition) is 1. The highest BCUT2D eigenvalue weighted by atomic mass is 35.5. The van der Waals surface area contributed by atoms with Crippen molar-refractivity contribution in [3.8, 4) is 0 Å². The fourth-order valence-corrected chi connectivity index (χ4v) is 2.20. The van der Waals surface area contributed by atoms with Crippen molar-refractivity contribution in [3.63, 3.8) is 0 Å². The summed E-state index contributed by atoms with van der Waals surface area (Å²) in [6.07, 6.45) is 0. The van der Waals surface area contributed by atoms with Crippen molar-refractivity contribution in [3.05, 3.63) is 15.8 Å². The van der Waals surface area contributed by atoms with Crippen LogP contribution in [0, 0.1) is 5.92 Å². The minimum atomic E-state index is -0.711. The van der Waals surface area contributed by atoms with Crippen molar-refractivity contribution in [1.29, 1.82) is 0 Å². The number of hydrogen-bond acceptors (Lipinski definition) is 3. The second-order valence-electron chi connectivity index (χ2n) is 3.05. The molecule has 1 aliphatic rings. The van der Waals surface area contributed by atoms with Crippen molar-refractivity contribution in [2.24, 2.45) is 5.92 Å². The second-order valence-corrected chi connectivity index (χ2v) is 4.59. The van der Waals surface area contributed by atoms with Crippen molar-refractivity contribution in [1.82, 2.24) is 0 Å². The number of halogens is 1. The number of carboxylic acids is 1. The Morgan fingerprint density at radius 3 is 2.85 bits per heavy atom. The summed E-state index contributed by atoms with van der Waals surface area (Å²) >= 11 is 7.23. The molecule has 0 radical (unpaired) electrons. The molecule has 2 heterocycles. The van der Waals surface area contributed by atoms with Gasteiger partial charge in [-0.2, -0.15) is 0 Å². The maximum atomic E-state index is 10.5. The minimum Gasteiger partial charge on any atom is -0.481 e. The Morgan fingerprint density at radius 1 is 1.69 bits per heavy atom. The molecule has 0 aliphatic carbocycles. The Bertz CT molecular complexity index is 333. The molecule has 3 nitrogen and oxygen atoms in total. The molecule has 2 rings (SSSR count). The fourth-order valence-electron chi connectivity index (χ4n) is 1.31. The molecule has 1 fully saturated rings. The molecule has 0 saturated carbocycles. The summed E-state index contributed by atoms with van der Waals surface area (Å²) in [5.74, 6) is -0.920. The Balaban J connectivity index is 1.97. The van der Waals surface area contributed by atoms with Crippen LogP contribution in [-0.4, -0.2) is 24.2 Å². The summed E-state index contributed by atoms with van der Waals surface area (Å²) < 4.78 is 0.744. The van der Waals surface area contributed by atoms with Gasteiger partial charge < -0.3 is 10.0 Å². The van der Waals surface area contributed by atoms with Crippen LogP contribution < -0.4 is 4.90 Å². The molecule has 1 aromatic rings. The number of rotatable bonds is 2. The van der Waals surface area contributed by atoms with Gasteiger partial charge in [0.1, 0.15) is 0 Å². The average Bonchev–Trinajstić information content (AvgIpc) is 2.31. The van der Waals surface area contributed by atoms with Gasteiger partial charge in [-0.05, 0) is 6.07 Å². The average molecular weight is 218 g/mol. The van der Waals surface area contributed by atoms with Gasteiger partial charge in [0, 0.05) is 24.2 Å². The number of carbonyl (C=O) groups is 1. The molecule has 0 atom stereocenters. The van der Waals surface area contributed by atoms with Crippen LogP contribution in [0.5, 0.6) is 0 Å². The molecule has 13 heavy (non-hydrogen) atoms. The third kappa shape index (κ3) is 1.64. The van der Waals surface area contributed by atoms with Crippen molar-refractivity contribution >= 4 is 34.6 Å². The lowest BCUT2D eigenvalue weighted by Crippen LogP contribution is -2.50. The van der Waals surface area contributed by atoms with E-state index in [1.807, 2.05) is 16.3 Å². The number of anilines is 1. The van der Waals surface area contributed by atoms with Crippen LogP contribution in [0.3, 0.4) is 0 Å². The molecule has 70 valence electrons. The van der Waals surface area contributed by atoms with E-state index in [-0.39, 0.29) is 5.92 Å². The highest BCUT2D eigenvalue weighted by Gasteiger charge is 2.32. The van der Waals surface area contributed by atoms with Crippen LogP contribution in [0.4, 0.5) is 5.69 Å². The standard InChI is InChI=1S/C8H8ClNO2S/c9-7-1-6(4-13-7)10-2-5(3-10)8(11)12/h1,4-5H,2-3H2,(H,11,12). The largest absolute Gasteiger partial charge is 0.481 e. The van der Waals surface area contributed by atoms with Crippen LogP contribution in [0.25, 0.3) is 0 Å². The maximum Gasteiger partial charge on any atom is 0.310 e. The van der Waals surface area contributed by atoms with E-state index in [1.165, 1.54) is 11.3 Å². The molecular formula is C8H8ClNO2S. The van der Waals surface area contributed by atoms with Gasteiger partial charge in [-0.25, -0.2) is 0 Å². The normalized spacial score (nSPS) is 17.2. The first-order chi connectivity index (χ1) is 6.16. The Kier molecular flexibility index (Phi) is 2.17. The van der Waals surface area contributed by atoms with E-state index in [0.717, 1.165) is 10.0 Å². The van der Waals surface area contributed by atoms with E-state index < -0.39 is 5.97 Å². The molecule has 5 heteroatoms. The van der Waals surface area contributed by atoms with Gasteiger partial charge in [0.2, 0.25) is 0 Å². The molecule has 1 aromatic heterocycles. The van der Waals surface area contributed by atoms with Crippen LogP contribution >= 0.6 is 22.9 Å². The molecule has 1 N–H and O–H groups in total. The van der Waals surface area contributed by atoms with E-state index in [9.17, 15) is 4.79 Å². The topological polar surface area (TPSA) is 40.5 Å². The third-order valence-corrected chi connectivity index (χ3v) is 3.23. The lowest BCUT2D eigenvalue weighted by Gasteiger charge is -2.37. The van der Waals surface area contributed by atoms with E-state index in [0.29, 0.717) is 13.1 Å². The fraction of sp³-hybridized carbons (Fsp3) is 0.375. The SMILES string of the molecule is O=C(O)C1CN(c2csc(Cl)c2)C1. The first-order valence-electron chi connectivity index (χ1n) is 3.88. The van der Waals surface area contributed by atoms with Gasteiger partial charge in [-0.15, -0.1) is 11.3 Å². The molecule has 0 spiro atoms. The van der Waals surface area contributed by atoms with Crippen molar-refractivity contribution in [2.75, 3.05) is 18.0 Å². The Labute approximate surface area is 84.5 Å². The summed E-state index contributed by atoms with van der Waals surface area (Å²) in [5, 5.41) is 10.6. The summed E-state index contributed by atoms with van der Waals surface area (Å²) in [4.78, 5) is 12.5. The Hall–Kier alpha value is -0.740. The maximum absolute atomic E-state index is 10.5. The summed E-state index contributed by atoms with van der Waals surface area (Å²) in [6.45, 7) is 1.20. The third-order valence-electron chi connectivity index (χ3n) is 2.15. The zero-order valence-corrected chi connectivity index (χ0v) is 8.31. The summed E-state index contributed by atoms with van der Waals surface area (Å²) in [6, 6.07) is 1.87. The molecule has 1 aliphatic heterocycles. The predicted octanol–water partition coefficient (Wildman–Crippen LogP) is 1.92. The first kappa shape index (κ1) is 8.84. The Morgan fingerprint density at radius 2 is 2.38 bits per heavy atom. The van der Waals surface area contributed by atoms with Gasteiger partial charge in [0.15, 0.2) is 0 Å². The smallest absolute Gasteiger partial charge is 0.310 e. The summed E-state index contributed by atoms with van der Waals surface area (Å²) in [7, 11) is 0. The highest BCUT2D eigenvalue weighted by Crippen LogP contribution is 2.31. The van der Waals surface area contributed by atoms with E-state index in [1.54, 1.807) is 0 Å². The molecule has 0 bridgehead atoms. The van der Waals surface area contributed by atoms with Gasteiger partial charge in [0.05, 0.1) is 10.3 Å². The lowest BCUT2D eigenvalue weighted by molar-refractivity contribution is -0.142. The second kappa shape index (κ2) is 3.20. The van der Waals surface area contributed by atoms with Gasteiger partial charge in [0.25, 0.3) is 0 Å². The van der Waals surface area contributed by atoms with Crippen molar-refractivity contribution in [2.45, 2.75) is 0 Å². The monoisotopic (exact) mass is 217 g/mol. The number of aliphatic carboxylic acids is 1. The molecule has 0 amide bonds. The molecule has 0 unspecified atom stereocenters. The van der Waals surface area contributed by atoms with Crippen LogP contribution in [0.1, 0.15) is 0 Å². The van der Waals surface area contributed by atoms with E-state index in [2.05, 4.69) is 0 Å². The van der Waals surface area contributed by atoms with Gasteiger partial charge in [-0.1, -0.05) is 11.6 Å². The quantitative estimate of drug-likeness (QED) is 0.823. The molecule has 1 saturated heterocycles. The number of carboxylic acid groups (broad SMARTS) is 1. The van der Waals surface area contributed by atoms with Gasteiger partial charge >= 0.3 is 5.97 Å². The zero-order chi connectivity index (χ0) is 9.42. The number of nitrogens with zero attached hydrogens (tertiary/aromatic N) is 1. The van der Waals surface area contributed by atoms with Crippen LogP contribution in [0.2, 0.25) is 4.34 Å². The first-order valence-corrected chi connectivity index (χ1v) is 5.14. The number of thiophene rings is 1. The van der Waals surface area contributed by atoms with Crippen LogP contribution in [0.15, 0.2) is 11.4 Å². The molecular weight excluding hydrogens is 210 g/mol. The minimum absolute atomic E-state index is 0.210. The van der Waals surface area contributed by atoms with E-state index >= 15 is 0 Å².